The Kier molecular flexibility index (Phi) is 3.22. The molecule has 0 spiro atoms. The highest BCUT2D eigenvalue weighted by atomic mass is 16.2. The second-order valence-corrected chi connectivity index (χ2v) is 4.11. The number of hydrogen-bond acceptors (Lipinski definition) is 3. The van der Waals surface area contributed by atoms with Crippen LogP contribution in [0.15, 0.2) is 24.3 Å². The van der Waals surface area contributed by atoms with Crippen LogP contribution in [0.25, 0.3) is 0 Å². The number of carbonyl (C=O) groups is 1. The van der Waals surface area contributed by atoms with Crippen LogP contribution in [0.2, 0.25) is 0 Å². The maximum Gasteiger partial charge on any atom is 0.228 e. The Labute approximate surface area is 94.7 Å². The molecule has 0 aromatic heterocycles. The molecular weight excluding hydrogens is 204 g/mol. The number of aliphatic hydroxyl groups is 1. The van der Waals surface area contributed by atoms with Crippen molar-refractivity contribution in [1.29, 1.82) is 0 Å². The van der Waals surface area contributed by atoms with E-state index in [-0.39, 0.29) is 18.6 Å². The lowest BCUT2D eigenvalue weighted by Crippen LogP contribution is -2.27. The van der Waals surface area contributed by atoms with Gasteiger partial charge in [0.1, 0.15) is 0 Å². The minimum Gasteiger partial charge on any atom is -0.396 e. The molecule has 1 amide bonds. The lowest BCUT2D eigenvalue weighted by molar-refractivity contribution is -0.117. The van der Waals surface area contributed by atoms with Crippen molar-refractivity contribution in [3.8, 4) is 0 Å². The van der Waals surface area contributed by atoms with Crippen molar-refractivity contribution in [2.45, 2.75) is 18.9 Å². The normalized spacial score (nSPS) is 20.5. The first kappa shape index (κ1) is 11.1. The molecule has 1 atom stereocenters. The molecule has 1 unspecified atom stereocenters. The molecule has 4 nitrogen and oxygen atoms in total. The van der Waals surface area contributed by atoms with Gasteiger partial charge in [-0.15, -0.1) is 0 Å². The third-order valence-corrected chi connectivity index (χ3v) is 2.80. The number of benzene rings is 1. The summed E-state index contributed by atoms with van der Waals surface area (Å²) in [6.07, 6.45) is 1.08. The maximum atomic E-state index is 11.6. The number of rotatable bonds is 3. The van der Waals surface area contributed by atoms with E-state index in [1.54, 1.807) is 4.90 Å². The number of hydrogen-bond donors (Lipinski definition) is 2. The minimum absolute atomic E-state index is 0.0513. The van der Waals surface area contributed by atoms with E-state index >= 15 is 0 Å². The van der Waals surface area contributed by atoms with Crippen molar-refractivity contribution in [2.24, 2.45) is 5.73 Å². The van der Waals surface area contributed by atoms with Gasteiger partial charge < -0.3 is 15.7 Å². The van der Waals surface area contributed by atoms with Gasteiger partial charge in [0.15, 0.2) is 0 Å². The van der Waals surface area contributed by atoms with Gasteiger partial charge in [-0.25, -0.2) is 0 Å². The van der Waals surface area contributed by atoms with Crippen molar-refractivity contribution in [3.05, 3.63) is 29.8 Å². The smallest absolute Gasteiger partial charge is 0.228 e. The first-order valence-electron chi connectivity index (χ1n) is 5.46. The topological polar surface area (TPSA) is 66.6 Å². The predicted octanol–water partition coefficient (Wildman–Crippen LogP) is 0.285. The third-order valence-electron chi connectivity index (χ3n) is 2.80. The molecule has 1 aliphatic heterocycles. The minimum atomic E-state index is -0.0513. The van der Waals surface area contributed by atoms with Crippen LogP contribution in [0, 0.1) is 0 Å². The van der Waals surface area contributed by atoms with Crippen molar-refractivity contribution in [1.82, 2.24) is 0 Å². The number of aliphatic hydroxyl groups excluding tert-OH is 1. The highest BCUT2D eigenvalue weighted by Gasteiger charge is 2.27. The number of amides is 1. The molecule has 1 saturated heterocycles. The van der Waals surface area contributed by atoms with Gasteiger partial charge in [-0.05, 0) is 24.1 Å². The molecule has 0 radical (unpaired) electrons. The fourth-order valence-corrected chi connectivity index (χ4v) is 1.96. The molecule has 0 bridgehead atoms. The molecule has 86 valence electrons. The van der Waals surface area contributed by atoms with Gasteiger partial charge in [-0.3, -0.25) is 4.79 Å². The summed E-state index contributed by atoms with van der Waals surface area (Å²) in [5.74, 6) is 0.0856. The van der Waals surface area contributed by atoms with Gasteiger partial charge in [0.05, 0.1) is 0 Å². The van der Waals surface area contributed by atoms with E-state index in [0.717, 1.165) is 11.3 Å². The summed E-state index contributed by atoms with van der Waals surface area (Å²) in [5, 5.41) is 8.80. The summed E-state index contributed by atoms with van der Waals surface area (Å²) in [6.45, 7) is 0.741. The van der Waals surface area contributed by atoms with E-state index < -0.39 is 0 Å². The molecule has 0 saturated carbocycles. The third kappa shape index (κ3) is 2.23. The van der Waals surface area contributed by atoms with E-state index in [1.165, 1.54) is 0 Å². The number of anilines is 1. The molecule has 1 fully saturated rings. The Morgan fingerprint density at radius 2 is 2.06 bits per heavy atom. The van der Waals surface area contributed by atoms with Gasteiger partial charge >= 0.3 is 0 Å². The Bertz CT molecular complexity index is 375. The lowest BCUT2D eigenvalue weighted by Gasteiger charge is -2.16. The molecule has 2 rings (SSSR count). The molecular formula is C12H16N2O2. The Hall–Kier alpha value is -1.39. The lowest BCUT2D eigenvalue weighted by atomic mass is 10.1. The molecule has 16 heavy (non-hydrogen) atoms. The number of carbonyl (C=O) groups excluding carboxylic acids is 1. The van der Waals surface area contributed by atoms with Gasteiger partial charge in [0.25, 0.3) is 0 Å². The molecule has 1 aromatic carbocycles. The first-order chi connectivity index (χ1) is 7.70. The Morgan fingerprint density at radius 1 is 1.38 bits per heavy atom. The highest BCUT2D eigenvalue weighted by Crippen LogP contribution is 2.21. The van der Waals surface area contributed by atoms with Gasteiger partial charge in [0.2, 0.25) is 5.91 Å². The first-order valence-corrected chi connectivity index (χ1v) is 5.46. The molecule has 1 aliphatic rings. The highest BCUT2D eigenvalue weighted by molar-refractivity contribution is 5.96. The van der Waals surface area contributed by atoms with Crippen molar-refractivity contribution in [2.75, 3.05) is 18.1 Å². The molecule has 1 aromatic rings. The van der Waals surface area contributed by atoms with Crippen LogP contribution in [-0.2, 0) is 11.2 Å². The second-order valence-electron chi connectivity index (χ2n) is 4.11. The maximum absolute atomic E-state index is 11.6. The van der Waals surface area contributed by atoms with E-state index in [1.807, 2.05) is 24.3 Å². The average molecular weight is 220 g/mol. The van der Waals surface area contributed by atoms with Crippen LogP contribution in [0.3, 0.4) is 0 Å². The molecule has 1 heterocycles. The summed E-state index contributed by atoms with van der Waals surface area (Å²) < 4.78 is 0. The summed E-state index contributed by atoms with van der Waals surface area (Å²) in [7, 11) is 0. The van der Waals surface area contributed by atoms with Crippen LogP contribution in [-0.4, -0.2) is 30.2 Å². The summed E-state index contributed by atoms with van der Waals surface area (Å²) in [5.41, 5.74) is 7.69. The van der Waals surface area contributed by atoms with Crippen molar-refractivity contribution >= 4 is 11.6 Å². The van der Waals surface area contributed by atoms with E-state index in [9.17, 15) is 4.79 Å². The zero-order valence-corrected chi connectivity index (χ0v) is 9.10. The van der Waals surface area contributed by atoms with Gasteiger partial charge in [-0.2, -0.15) is 0 Å². The van der Waals surface area contributed by atoms with Crippen LogP contribution >= 0.6 is 0 Å². The van der Waals surface area contributed by atoms with Crippen LogP contribution < -0.4 is 10.6 Å². The summed E-state index contributed by atoms with van der Waals surface area (Å²) >= 11 is 0. The molecule has 0 aliphatic carbocycles. The monoisotopic (exact) mass is 220 g/mol. The second kappa shape index (κ2) is 4.63. The molecule has 4 heteroatoms. The largest absolute Gasteiger partial charge is 0.396 e. The van der Waals surface area contributed by atoms with E-state index in [2.05, 4.69) is 0 Å². The quantitative estimate of drug-likeness (QED) is 0.769. The summed E-state index contributed by atoms with van der Waals surface area (Å²) in [6, 6.07) is 7.62. The van der Waals surface area contributed by atoms with E-state index in [0.29, 0.717) is 19.4 Å². The zero-order valence-electron chi connectivity index (χ0n) is 9.10. The van der Waals surface area contributed by atoms with Crippen molar-refractivity contribution < 1.29 is 9.90 Å². The predicted molar refractivity (Wildman–Crippen MR) is 62.2 cm³/mol. The van der Waals surface area contributed by atoms with Crippen LogP contribution in [0.1, 0.15) is 12.0 Å². The van der Waals surface area contributed by atoms with Crippen LogP contribution in [0.5, 0.6) is 0 Å². The molecule has 3 N–H and O–H groups in total. The zero-order chi connectivity index (χ0) is 11.5. The number of nitrogens with zero attached hydrogens (tertiary/aromatic N) is 1. The van der Waals surface area contributed by atoms with Gasteiger partial charge in [0, 0.05) is 31.3 Å². The number of nitrogens with two attached hydrogens (primary N) is 1. The Morgan fingerprint density at radius 3 is 2.56 bits per heavy atom. The fraction of sp³-hybridized carbons (Fsp3) is 0.417. The van der Waals surface area contributed by atoms with Crippen molar-refractivity contribution in [3.63, 3.8) is 0 Å². The average Bonchev–Trinajstić information content (AvgIpc) is 2.59. The van der Waals surface area contributed by atoms with Crippen LogP contribution in [0.4, 0.5) is 5.69 Å². The van der Waals surface area contributed by atoms with Gasteiger partial charge in [-0.1, -0.05) is 12.1 Å². The fourth-order valence-electron chi connectivity index (χ4n) is 1.96. The SMILES string of the molecule is NC1CC(=O)N(c2ccc(CCO)cc2)C1. The summed E-state index contributed by atoms with van der Waals surface area (Å²) in [4.78, 5) is 13.3. The standard InChI is InChI=1S/C12H16N2O2/c13-10-7-12(16)14(8-10)11-3-1-9(2-4-11)5-6-15/h1-4,10,15H,5-8,13H2. The Balaban J connectivity index is 2.12. The van der Waals surface area contributed by atoms with E-state index in [4.69, 9.17) is 10.8 Å².